The molecule has 0 aliphatic rings. The summed E-state index contributed by atoms with van der Waals surface area (Å²) in [5.41, 5.74) is 8.47. The average molecular weight is 368 g/mol. The van der Waals surface area contributed by atoms with Gasteiger partial charge in [0.05, 0.1) is 0 Å². The second-order valence-corrected chi connectivity index (χ2v) is 6.42. The molecule has 2 aromatic rings. The van der Waals surface area contributed by atoms with Gasteiger partial charge in [0.1, 0.15) is 0 Å². The molecule has 0 heterocycles. The number of likely N-dealkylation sites (N-methyl/N-ethyl adjacent to an activating group) is 1. The molecule has 0 saturated heterocycles. The molecule has 2 aromatic carbocycles. The van der Waals surface area contributed by atoms with Crippen molar-refractivity contribution < 1.29 is 0 Å². The summed E-state index contributed by atoms with van der Waals surface area (Å²) in [6.45, 7) is 1.51. The molecule has 0 radical (unpaired) electrons. The number of hydrogen-bond donors (Lipinski definition) is 1. The van der Waals surface area contributed by atoms with E-state index in [0.29, 0.717) is 6.54 Å². The largest absolute Gasteiger partial charge is 0.329 e. The van der Waals surface area contributed by atoms with Crippen molar-refractivity contribution in [3.05, 3.63) is 69.2 Å². The van der Waals surface area contributed by atoms with Gasteiger partial charge >= 0.3 is 0 Å². The number of nitrogens with two attached hydrogens (primary N) is 1. The molecule has 2 nitrogen and oxygen atoms in total. The maximum atomic E-state index is 6.12. The van der Waals surface area contributed by atoms with Gasteiger partial charge in [-0.25, -0.2) is 0 Å². The van der Waals surface area contributed by atoms with Crippen molar-refractivity contribution in [1.82, 2.24) is 4.90 Å². The SMILES string of the molecule is CN(CCc1ccccc1)C(CN)c1cc(Cl)ccc1Br. The van der Waals surface area contributed by atoms with Gasteiger partial charge < -0.3 is 5.73 Å². The molecule has 0 spiro atoms. The lowest BCUT2D eigenvalue weighted by Gasteiger charge is -2.28. The zero-order chi connectivity index (χ0) is 15.2. The van der Waals surface area contributed by atoms with Crippen LogP contribution < -0.4 is 5.73 Å². The van der Waals surface area contributed by atoms with Gasteiger partial charge in [-0.1, -0.05) is 57.9 Å². The Labute approximate surface area is 140 Å². The normalized spacial score (nSPS) is 12.6. The average Bonchev–Trinajstić information content (AvgIpc) is 2.50. The van der Waals surface area contributed by atoms with Gasteiger partial charge in [0.25, 0.3) is 0 Å². The van der Waals surface area contributed by atoms with E-state index in [1.54, 1.807) is 0 Å². The van der Waals surface area contributed by atoms with Crippen LogP contribution >= 0.6 is 27.5 Å². The summed E-state index contributed by atoms with van der Waals surface area (Å²) in [5.74, 6) is 0. The minimum Gasteiger partial charge on any atom is -0.329 e. The molecule has 1 unspecified atom stereocenters. The van der Waals surface area contributed by atoms with E-state index >= 15 is 0 Å². The monoisotopic (exact) mass is 366 g/mol. The Balaban J connectivity index is 2.08. The molecule has 2 N–H and O–H groups in total. The van der Waals surface area contributed by atoms with Crippen molar-refractivity contribution in [2.45, 2.75) is 12.5 Å². The van der Waals surface area contributed by atoms with Crippen LogP contribution in [0.2, 0.25) is 5.02 Å². The minimum absolute atomic E-state index is 0.154. The fourth-order valence-electron chi connectivity index (χ4n) is 2.42. The summed E-state index contributed by atoms with van der Waals surface area (Å²) in [5, 5.41) is 0.739. The van der Waals surface area contributed by atoms with Gasteiger partial charge in [-0.2, -0.15) is 0 Å². The summed E-state index contributed by atoms with van der Waals surface area (Å²) < 4.78 is 1.05. The zero-order valence-electron chi connectivity index (χ0n) is 12.1. The Hall–Kier alpha value is -0.870. The Morgan fingerprint density at radius 3 is 2.57 bits per heavy atom. The van der Waals surface area contributed by atoms with Crippen LogP contribution in [0.3, 0.4) is 0 Å². The van der Waals surface area contributed by atoms with Gasteiger partial charge in [-0.3, -0.25) is 4.90 Å². The lowest BCUT2D eigenvalue weighted by atomic mass is 10.0. The second kappa shape index (κ2) is 7.95. The van der Waals surface area contributed by atoms with E-state index in [2.05, 4.69) is 52.1 Å². The highest BCUT2D eigenvalue weighted by atomic mass is 79.9. The van der Waals surface area contributed by atoms with E-state index in [9.17, 15) is 0 Å². The minimum atomic E-state index is 0.154. The highest BCUT2D eigenvalue weighted by Gasteiger charge is 2.18. The Morgan fingerprint density at radius 1 is 1.19 bits per heavy atom. The van der Waals surface area contributed by atoms with Crippen molar-refractivity contribution in [3.8, 4) is 0 Å². The fourth-order valence-corrected chi connectivity index (χ4v) is 3.11. The number of hydrogen-bond acceptors (Lipinski definition) is 2. The van der Waals surface area contributed by atoms with E-state index < -0.39 is 0 Å². The number of nitrogens with zero attached hydrogens (tertiary/aromatic N) is 1. The molecule has 0 saturated carbocycles. The van der Waals surface area contributed by atoms with Crippen LogP contribution in [-0.2, 0) is 6.42 Å². The number of benzene rings is 2. The molecule has 4 heteroatoms. The Morgan fingerprint density at radius 2 is 1.90 bits per heavy atom. The molecule has 0 aromatic heterocycles. The standard InChI is InChI=1S/C17H20BrClN2/c1-21(10-9-13-5-3-2-4-6-13)17(12-20)15-11-14(19)7-8-16(15)18/h2-8,11,17H,9-10,12,20H2,1H3. The first-order valence-electron chi connectivity index (χ1n) is 7.01. The first-order chi connectivity index (χ1) is 10.1. The van der Waals surface area contributed by atoms with Crippen molar-refractivity contribution in [2.75, 3.05) is 20.1 Å². The molecular weight excluding hydrogens is 348 g/mol. The highest BCUT2D eigenvalue weighted by molar-refractivity contribution is 9.10. The number of rotatable bonds is 6. The molecule has 0 amide bonds. The molecule has 21 heavy (non-hydrogen) atoms. The molecule has 0 bridgehead atoms. The van der Waals surface area contributed by atoms with Crippen molar-refractivity contribution in [2.24, 2.45) is 5.73 Å². The van der Waals surface area contributed by atoms with E-state index in [4.69, 9.17) is 17.3 Å². The molecule has 0 aliphatic heterocycles. The third kappa shape index (κ3) is 4.55. The van der Waals surface area contributed by atoms with Crippen molar-refractivity contribution in [1.29, 1.82) is 0 Å². The van der Waals surface area contributed by atoms with Crippen LogP contribution in [0.25, 0.3) is 0 Å². The molecule has 0 aliphatic carbocycles. The Kier molecular flexibility index (Phi) is 6.24. The van der Waals surface area contributed by atoms with Crippen LogP contribution in [0.5, 0.6) is 0 Å². The second-order valence-electron chi connectivity index (χ2n) is 5.13. The smallest absolute Gasteiger partial charge is 0.0479 e. The molecule has 2 rings (SSSR count). The van der Waals surface area contributed by atoms with Crippen LogP contribution in [0.4, 0.5) is 0 Å². The Bertz CT molecular complexity index is 574. The first-order valence-corrected chi connectivity index (χ1v) is 8.18. The quantitative estimate of drug-likeness (QED) is 0.826. The lowest BCUT2D eigenvalue weighted by Crippen LogP contribution is -2.32. The van der Waals surface area contributed by atoms with Crippen molar-refractivity contribution >= 4 is 27.5 Å². The third-order valence-electron chi connectivity index (χ3n) is 3.67. The summed E-state index contributed by atoms with van der Waals surface area (Å²) in [6, 6.07) is 16.5. The van der Waals surface area contributed by atoms with Crippen LogP contribution in [0.1, 0.15) is 17.2 Å². The molecule has 1 atom stereocenters. The predicted molar refractivity (Wildman–Crippen MR) is 93.7 cm³/mol. The third-order valence-corrected chi connectivity index (χ3v) is 4.63. The zero-order valence-corrected chi connectivity index (χ0v) is 14.4. The van der Waals surface area contributed by atoms with Gasteiger partial charge in [0.2, 0.25) is 0 Å². The van der Waals surface area contributed by atoms with Crippen LogP contribution in [-0.4, -0.2) is 25.0 Å². The summed E-state index contributed by atoms with van der Waals surface area (Å²) in [7, 11) is 2.10. The number of halogens is 2. The molecular formula is C17H20BrClN2. The maximum Gasteiger partial charge on any atom is 0.0479 e. The van der Waals surface area contributed by atoms with E-state index in [0.717, 1.165) is 28.0 Å². The van der Waals surface area contributed by atoms with E-state index in [1.807, 2.05) is 24.3 Å². The van der Waals surface area contributed by atoms with Crippen molar-refractivity contribution in [3.63, 3.8) is 0 Å². The van der Waals surface area contributed by atoms with Gasteiger partial charge in [-0.05, 0) is 42.8 Å². The van der Waals surface area contributed by atoms with Gasteiger partial charge in [0, 0.05) is 28.6 Å². The van der Waals surface area contributed by atoms with E-state index in [-0.39, 0.29) is 6.04 Å². The predicted octanol–water partition coefficient (Wildman–Crippen LogP) is 4.28. The highest BCUT2D eigenvalue weighted by Crippen LogP contribution is 2.29. The summed E-state index contributed by atoms with van der Waals surface area (Å²) in [4.78, 5) is 2.28. The topological polar surface area (TPSA) is 29.3 Å². The van der Waals surface area contributed by atoms with Gasteiger partial charge in [0.15, 0.2) is 0 Å². The maximum absolute atomic E-state index is 6.12. The first kappa shape index (κ1) is 16.5. The fraction of sp³-hybridized carbons (Fsp3) is 0.294. The summed E-state index contributed by atoms with van der Waals surface area (Å²) >= 11 is 9.71. The van der Waals surface area contributed by atoms with E-state index in [1.165, 1.54) is 5.56 Å². The van der Waals surface area contributed by atoms with Gasteiger partial charge in [-0.15, -0.1) is 0 Å². The molecule has 112 valence electrons. The summed E-state index contributed by atoms with van der Waals surface area (Å²) in [6.07, 6.45) is 1.01. The molecule has 0 fully saturated rings. The lowest BCUT2D eigenvalue weighted by molar-refractivity contribution is 0.252. The van der Waals surface area contributed by atoms with Crippen LogP contribution in [0.15, 0.2) is 53.0 Å². The van der Waals surface area contributed by atoms with Crippen LogP contribution in [0, 0.1) is 0 Å².